The monoisotopic (exact) mass is 472 g/mol. The van der Waals surface area contributed by atoms with Crippen molar-refractivity contribution in [2.45, 2.75) is 44.5 Å². The predicted molar refractivity (Wildman–Crippen MR) is 134 cm³/mol. The molecule has 0 bridgehead atoms. The summed E-state index contributed by atoms with van der Waals surface area (Å²) in [4.78, 5) is 22.1. The number of carbonyl (C=O) groups excluding carboxylic acids is 1. The molecule has 7 nitrogen and oxygen atoms in total. The van der Waals surface area contributed by atoms with Crippen molar-refractivity contribution in [3.63, 3.8) is 0 Å². The lowest BCUT2D eigenvalue weighted by molar-refractivity contribution is 0.0947. The Morgan fingerprint density at radius 2 is 1.68 bits per heavy atom. The third-order valence-electron chi connectivity index (χ3n) is 5.33. The van der Waals surface area contributed by atoms with Crippen molar-refractivity contribution >= 4 is 17.7 Å². The first-order valence-electron chi connectivity index (χ1n) is 11.3. The number of thioether (sulfide) groups is 1. The van der Waals surface area contributed by atoms with Crippen molar-refractivity contribution in [3.05, 3.63) is 94.6 Å². The Labute approximate surface area is 204 Å². The van der Waals surface area contributed by atoms with Crippen molar-refractivity contribution in [3.8, 4) is 5.69 Å². The van der Waals surface area contributed by atoms with Crippen LogP contribution < -0.4 is 5.32 Å². The van der Waals surface area contributed by atoms with Gasteiger partial charge in [-0.15, -0.1) is 5.10 Å². The number of amides is 1. The molecule has 2 aromatic carbocycles. The normalized spacial score (nSPS) is 10.9. The number of benzene rings is 2. The largest absolute Gasteiger partial charge is 0.351 e. The number of hydrogen-bond donors (Lipinski definition) is 1. The molecule has 1 amide bonds. The summed E-state index contributed by atoms with van der Waals surface area (Å²) < 4.78 is 1.73. The lowest BCUT2D eigenvalue weighted by Gasteiger charge is -2.09. The fourth-order valence-electron chi connectivity index (χ4n) is 3.61. The molecule has 8 heteroatoms. The maximum atomic E-state index is 13.0. The molecule has 0 fully saturated rings. The molecule has 4 rings (SSSR count). The zero-order chi connectivity index (χ0) is 23.9. The highest BCUT2D eigenvalue weighted by atomic mass is 32.2. The molecule has 34 heavy (non-hydrogen) atoms. The molecule has 0 spiro atoms. The van der Waals surface area contributed by atoms with Crippen LogP contribution in [-0.2, 0) is 12.2 Å². The van der Waals surface area contributed by atoms with Crippen LogP contribution in [0, 0.1) is 20.8 Å². The van der Waals surface area contributed by atoms with E-state index in [4.69, 9.17) is 0 Å². The lowest BCUT2D eigenvalue weighted by atomic mass is 10.1. The molecule has 0 aliphatic carbocycles. The average molecular weight is 473 g/mol. The van der Waals surface area contributed by atoms with E-state index in [2.05, 4.69) is 37.7 Å². The highest BCUT2D eigenvalue weighted by molar-refractivity contribution is 7.98. The van der Waals surface area contributed by atoms with E-state index >= 15 is 0 Å². The summed E-state index contributed by atoms with van der Waals surface area (Å²) >= 11 is 1.47. The van der Waals surface area contributed by atoms with E-state index in [1.165, 1.54) is 17.3 Å². The number of nitrogens with one attached hydrogen (secondary N) is 1. The Morgan fingerprint density at radius 1 is 0.971 bits per heavy atom. The van der Waals surface area contributed by atoms with Gasteiger partial charge in [0.2, 0.25) is 0 Å². The van der Waals surface area contributed by atoms with Gasteiger partial charge in [0.25, 0.3) is 5.91 Å². The van der Waals surface area contributed by atoms with E-state index in [1.54, 1.807) is 4.68 Å². The van der Waals surface area contributed by atoms with Crippen LogP contribution in [0.25, 0.3) is 5.69 Å². The van der Waals surface area contributed by atoms with Gasteiger partial charge in [0.05, 0.1) is 11.4 Å². The fraction of sp³-hybridized carbons (Fsp3) is 0.269. The number of carbonyl (C=O) groups is 1. The van der Waals surface area contributed by atoms with Crippen LogP contribution in [0.3, 0.4) is 0 Å². The molecule has 0 saturated heterocycles. The lowest BCUT2D eigenvalue weighted by Crippen LogP contribution is -2.26. The molecule has 2 aromatic heterocycles. The Bertz CT molecular complexity index is 1230. The zero-order valence-electron chi connectivity index (χ0n) is 19.7. The minimum absolute atomic E-state index is 0.219. The van der Waals surface area contributed by atoms with Gasteiger partial charge >= 0.3 is 0 Å². The smallest absolute Gasteiger partial charge is 0.273 e. The minimum Gasteiger partial charge on any atom is -0.351 e. The Morgan fingerprint density at radius 3 is 2.38 bits per heavy atom. The minimum atomic E-state index is -0.219. The second kappa shape index (κ2) is 11.1. The summed E-state index contributed by atoms with van der Waals surface area (Å²) in [5.41, 5.74) is 6.15. The Kier molecular flexibility index (Phi) is 7.69. The first-order valence-corrected chi connectivity index (χ1v) is 12.3. The van der Waals surface area contributed by atoms with Gasteiger partial charge in [-0.2, -0.15) is 0 Å². The predicted octanol–water partition coefficient (Wildman–Crippen LogP) is 4.64. The van der Waals surface area contributed by atoms with E-state index in [9.17, 15) is 4.79 Å². The van der Waals surface area contributed by atoms with Gasteiger partial charge in [0, 0.05) is 23.7 Å². The SMILES string of the molecule is Cc1ccc(-n2nnc(C(=O)NCCCc3ccccc3)c2CSc2nc(C)cc(C)n2)cc1. The van der Waals surface area contributed by atoms with E-state index in [-0.39, 0.29) is 5.91 Å². The van der Waals surface area contributed by atoms with Gasteiger partial charge in [0.1, 0.15) is 0 Å². The Balaban J connectivity index is 1.51. The van der Waals surface area contributed by atoms with Crippen LogP contribution in [-0.4, -0.2) is 37.4 Å². The zero-order valence-corrected chi connectivity index (χ0v) is 20.5. The Hall–Kier alpha value is -3.52. The molecule has 2 heterocycles. The quantitative estimate of drug-likeness (QED) is 0.217. The van der Waals surface area contributed by atoms with Gasteiger partial charge in [-0.05, 0) is 57.4 Å². The third kappa shape index (κ3) is 6.08. The molecule has 0 unspecified atom stereocenters. The summed E-state index contributed by atoms with van der Waals surface area (Å²) in [5, 5.41) is 12.2. The second-order valence-electron chi connectivity index (χ2n) is 8.20. The number of hydrogen-bond acceptors (Lipinski definition) is 6. The summed E-state index contributed by atoms with van der Waals surface area (Å²) in [6.45, 7) is 6.50. The van der Waals surface area contributed by atoms with Crippen molar-refractivity contribution < 1.29 is 4.79 Å². The van der Waals surface area contributed by atoms with Gasteiger partial charge in [-0.3, -0.25) is 4.79 Å². The maximum absolute atomic E-state index is 13.0. The summed E-state index contributed by atoms with van der Waals surface area (Å²) in [5.74, 6) is 0.250. The van der Waals surface area contributed by atoms with Gasteiger partial charge in [-0.1, -0.05) is 65.0 Å². The van der Waals surface area contributed by atoms with Gasteiger partial charge in [0.15, 0.2) is 10.9 Å². The standard InChI is InChI=1S/C26H28N6OS/c1-18-11-13-22(14-12-18)32-23(17-34-26-28-19(2)16-20(3)29-26)24(30-31-32)25(33)27-15-7-10-21-8-5-4-6-9-21/h4-6,8-9,11-14,16H,7,10,15,17H2,1-3H3,(H,27,33). The van der Waals surface area contributed by atoms with Gasteiger partial charge in [-0.25, -0.2) is 14.6 Å². The van der Waals surface area contributed by atoms with Crippen molar-refractivity contribution in [1.82, 2.24) is 30.3 Å². The van der Waals surface area contributed by atoms with Crippen LogP contribution in [0.2, 0.25) is 0 Å². The second-order valence-corrected chi connectivity index (χ2v) is 9.14. The first-order chi connectivity index (χ1) is 16.5. The number of rotatable bonds is 9. The average Bonchev–Trinajstić information content (AvgIpc) is 3.25. The van der Waals surface area contributed by atoms with Crippen LogP contribution in [0.5, 0.6) is 0 Å². The number of nitrogens with zero attached hydrogens (tertiary/aromatic N) is 5. The molecule has 1 N–H and O–H groups in total. The highest BCUT2D eigenvalue weighted by Gasteiger charge is 2.21. The number of aryl methyl sites for hydroxylation is 4. The number of aromatic nitrogens is 5. The van der Waals surface area contributed by atoms with E-state index in [0.29, 0.717) is 23.1 Å². The third-order valence-corrected chi connectivity index (χ3v) is 6.19. The van der Waals surface area contributed by atoms with Crippen molar-refractivity contribution in [2.75, 3.05) is 6.54 Å². The first kappa shape index (κ1) is 23.6. The van der Waals surface area contributed by atoms with Crippen LogP contribution >= 0.6 is 11.8 Å². The van der Waals surface area contributed by atoms with E-state index < -0.39 is 0 Å². The molecule has 0 saturated carbocycles. The molecule has 0 radical (unpaired) electrons. The summed E-state index contributed by atoms with van der Waals surface area (Å²) in [7, 11) is 0. The van der Waals surface area contributed by atoms with E-state index in [1.807, 2.05) is 69.3 Å². The summed E-state index contributed by atoms with van der Waals surface area (Å²) in [6, 6.07) is 20.2. The molecule has 4 aromatic rings. The van der Waals surface area contributed by atoms with Crippen LogP contribution in [0.1, 0.15) is 45.1 Å². The van der Waals surface area contributed by atoms with Gasteiger partial charge < -0.3 is 5.32 Å². The molecule has 0 aliphatic heterocycles. The fourth-order valence-corrected chi connectivity index (χ4v) is 4.56. The molecule has 0 atom stereocenters. The van der Waals surface area contributed by atoms with Crippen molar-refractivity contribution in [1.29, 1.82) is 0 Å². The molecule has 174 valence electrons. The molecule has 0 aliphatic rings. The summed E-state index contributed by atoms with van der Waals surface area (Å²) in [6.07, 6.45) is 1.76. The van der Waals surface area contributed by atoms with Crippen molar-refractivity contribution in [2.24, 2.45) is 0 Å². The molecular weight excluding hydrogens is 444 g/mol. The van der Waals surface area contributed by atoms with Crippen LogP contribution in [0.15, 0.2) is 65.8 Å². The van der Waals surface area contributed by atoms with Crippen LogP contribution in [0.4, 0.5) is 0 Å². The highest BCUT2D eigenvalue weighted by Crippen LogP contribution is 2.24. The molecular formula is C26H28N6OS. The maximum Gasteiger partial charge on any atom is 0.273 e. The van der Waals surface area contributed by atoms with E-state index in [0.717, 1.165) is 41.2 Å². The topological polar surface area (TPSA) is 85.6 Å².